The summed E-state index contributed by atoms with van der Waals surface area (Å²) in [5.74, 6) is -0.113. The summed E-state index contributed by atoms with van der Waals surface area (Å²) >= 11 is 0. The Hall–Kier alpha value is -0.130. The molecule has 2 N–H and O–H groups in total. The van der Waals surface area contributed by atoms with E-state index >= 15 is 0 Å². The molecule has 0 aromatic rings. The first kappa shape index (κ1) is 25.9. The van der Waals surface area contributed by atoms with E-state index in [0.29, 0.717) is 6.42 Å². The summed E-state index contributed by atoms with van der Waals surface area (Å²) in [5, 5.41) is 10.0. The van der Waals surface area contributed by atoms with Crippen LogP contribution < -0.4 is 0 Å². The minimum Gasteiger partial charge on any atom is -0.393 e. The van der Waals surface area contributed by atoms with Gasteiger partial charge in [0.05, 0.1) is 11.9 Å². The van der Waals surface area contributed by atoms with Crippen LogP contribution >= 0.6 is 0 Å². The summed E-state index contributed by atoms with van der Waals surface area (Å²) < 4.78 is 29.8. The highest BCUT2D eigenvalue weighted by atomic mass is 32.2. The van der Waals surface area contributed by atoms with Gasteiger partial charge in [0.1, 0.15) is 0 Å². The van der Waals surface area contributed by atoms with Crippen LogP contribution in [0.15, 0.2) is 0 Å². The summed E-state index contributed by atoms with van der Waals surface area (Å²) in [7, 11) is -3.78. The SMILES string of the molecule is CCCCCCCCCCCC(O)CCCCCCCCCS(=O)(=O)O. The number of rotatable bonds is 20. The van der Waals surface area contributed by atoms with Gasteiger partial charge in [0.2, 0.25) is 0 Å². The Morgan fingerprint density at radius 2 is 0.962 bits per heavy atom. The summed E-state index contributed by atoms with van der Waals surface area (Å²) in [4.78, 5) is 0. The second-order valence-corrected chi connectivity index (χ2v) is 9.39. The highest BCUT2D eigenvalue weighted by molar-refractivity contribution is 7.85. The Morgan fingerprint density at radius 1 is 0.615 bits per heavy atom. The van der Waals surface area contributed by atoms with E-state index in [2.05, 4.69) is 6.92 Å². The lowest BCUT2D eigenvalue weighted by atomic mass is 10.0. The Morgan fingerprint density at radius 3 is 1.35 bits per heavy atom. The number of hydrogen-bond acceptors (Lipinski definition) is 3. The second kappa shape index (κ2) is 18.2. The fraction of sp³-hybridized carbons (Fsp3) is 1.00. The van der Waals surface area contributed by atoms with Crippen LogP contribution in [-0.2, 0) is 10.1 Å². The zero-order valence-electron chi connectivity index (χ0n) is 17.1. The van der Waals surface area contributed by atoms with Crippen molar-refractivity contribution in [1.29, 1.82) is 0 Å². The molecule has 0 radical (unpaired) electrons. The van der Waals surface area contributed by atoms with Crippen LogP contribution in [0.2, 0.25) is 0 Å². The van der Waals surface area contributed by atoms with E-state index < -0.39 is 10.1 Å². The average molecular weight is 393 g/mol. The van der Waals surface area contributed by atoms with E-state index in [1.807, 2.05) is 0 Å². The molecule has 0 aromatic carbocycles. The molecule has 0 aromatic heterocycles. The van der Waals surface area contributed by atoms with E-state index in [-0.39, 0.29) is 11.9 Å². The van der Waals surface area contributed by atoms with Crippen LogP contribution in [0.25, 0.3) is 0 Å². The third-order valence-corrected chi connectivity index (χ3v) is 5.89. The Balaban J connectivity index is 3.21. The van der Waals surface area contributed by atoms with Gasteiger partial charge in [-0.25, -0.2) is 0 Å². The third-order valence-electron chi connectivity index (χ3n) is 5.08. The molecule has 0 amide bonds. The normalized spacial score (nSPS) is 13.2. The summed E-state index contributed by atoms with van der Waals surface area (Å²) in [6.45, 7) is 2.25. The van der Waals surface area contributed by atoms with E-state index in [0.717, 1.165) is 57.8 Å². The van der Waals surface area contributed by atoms with Crippen molar-refractivity contribution in [3.63, 3.8) is 0 Å². The minimum absolute atomic E-state index is 0.113. The van der Waals surface area contributed by atoms with Gasteiger partial charge in [-0.3, -0.25) is 4.55 Å². The van der Waals surface area contributed by atoms with Crippen molar-refractivity contribution in [2.45, 2.75) is 129 Å². The molecule has 0 fully saturated rings. The van der Waals surface area contributed by atoms with Crippen molar-refractivity contribution in [3.05, 3.63) is 0 Å². The molecule has 0 saturated carbocycles. The maximum absolute atomic E-state index is 10.6. The standard InChI is InChI=1S/C21H44O4S/c1-2-3-4-5-6-7-9-12-15-18-21(22)19-16-13-10-8-11-14-17-20-26(23,24)25/h21-22H,2-20H2,1H3,(H,23,24,25). The molecule has 1 unspecified atom stereocenters. The molecule has 5 heteroatoms. The lowest BCUT2D eigenvalue weighted by molar-refractivity contribution is 0.147. The molecule has 0 spiro atoms. The number of aliphatic hydroxyl groups is 1. The molecule has 158 valence electrons. The maximum Gasteiger partial charge on any atom is 0.264 e. The van der Waals surface area contributed by atoms with Crippen LogP contribution in [-0.4, -0.2) is 29.9 Å². The van der Waals surface area contributed by atoms with Gasteiger partial charge < -0.3 is 5.11 Å². The number of hydrogen-bond donors (Lipinski definition) is 2. The topological polar surface area (TPSA) is 74.6 Å². The van der Waals surface area contributed by atoms with Crippen molar-refractivity contribution >= 4 is 10.1 Å². The monoisotopic (exact) mass is 392 g/mol. The predicted molar refractivity (Wildman–Crippen MR) is 111 cm³/mol. The van der Waals surface area contributed by atoms with E-state index in [1.165, 1.54) is 51.4 Å². The first-order chi connectivity index (χ1) is 12.5. The van der Waals surface area contributed by atoms with E-state index in [4.69, 9.17) is 4.55 Å². The lowest BCUT2D eigenvalue weighted by Crippen LogP contribution is -2.06. The van der Waals surface area contributed by atoms with Gasteiger partial charge in [-0.15, -0.1) is 0 Å². The highest BCUT2D eigenvalue weighted by Gasteiger charge is 2.05. The van der Waals surface area contributed by atoms with Crippen LogP contribution in [0.5, 0.6) is 0 Å². The zero-order chi connectivity index (χ0) is 19.5. The third kappa shape index (κ3) is 21.9. The molecule has 0 saturated heterocycles. The van der Waals surface area contributed by atoms with Crippen LogP contribution in [0.1, 0.15) is 122 Å². The van der Waals surface area contributed by atoms with Crippen molar-refractivity contribution in [2.24, 2.45) is 0 Å². The van der Waals surface area contributed by atoms with Crippen molar-refractivity contribution < 1.29 is 18.1 Å². The second-order valence-electron chi connectivity index (χ2n) is 7.82. The quantitative estimate of drug-likeness (QED) is 0.189. The fourth-order valence-electron chi connectivity index (χ4n) is 3.38. The largest absolute Gasteiger partial charge is 0.393 e. The van der Waals surface area contributed by atoms with Gasteiger partial charge in [0.15, 0.2) is 0 Å². The molecule has 1 atom stereocenters. The first-order valence-corrected chi connectivity index (χ1v) is 12.7. The van der Waals surface area contributed by atoms with Crippen LogP contribution in [0.4, 0.5) is 0 Å². The summed E-state index contributed by atoms with van der Waals surface area (Å²) in [6.07, 6.45) is 20.6. The molecular formula is C21H44O4S. The van der Waals surface area contributed by atoms with Gasteiger partial charge in [-0.05, 0) is 19.3 Å². The fourth-order valence-corrected chi connectivity index (χ4v) is 3.95. The van der Waals surface area contributed by atoms with E-state index in [9.17, 15) is 13.5 Å². The minimum atomic E-state index is -3.78. The molecule has 0 aliphatic carbocycles. The molecular weight excluding hydrogens is 348 g/mol. The van der Waals surface area contributed by atoms with Gasteiger partial charge in [0.25, 0.3) is 10.1 Å². The lowest BCUT2D eigenvalue weighted by Gasteiger charge is -2.10. The molecule has 26 heavy (non-hydrogen) atoms. The Labute approximate surface area is 162 Å². The van der Waals surface area contributed by atoms with Crippen LogP contribution in [0.3, 0.4) is 0 Å². The van der Waals surface area contributed by atoms with Gasteiger partial charge in [-0.2, -0.15) is 8.42 Å². The highest BCUT2D eigenvalue weighted by Crippen LogP contribution is 2.15. The Kier molecular flexibility index (Phi) is 18.2. The molecule has 4 nitrogen and oxygen atoms in total. The van der Waals surface area contributed by atoms with Gasteiger partial charge >= 0.3 is 0 Å². The summed E-state index contributed by atoms with van der Waals surface area (Å²) in [5.41, 5.74) is 0. The smallest absolute Gasteiger partial charge is 0.264 e. The van der Waals surface area contributed by atoms with Gasteiger partial charge in [0, 0.05) is 0 Å². The molecule has 0 aliphatic heterocycles. The number of aliphatic hydroxyl groups excluding tert-OH is 1. The molecule has 0 heterocycles. The van der Waals surface area contributed by atoms with Crippen molar-refractivity contribution in [3.8, 4) is 0 Å². The summed E-state index contributed by atoms with van der Waals surface area (Å²) in [6, 6.07) is 0. The maximum atomic E-state index is 10.6. The average Bonchev–Trinajstić information content (AvgIpc) is 2.58. The zero-order valence-corrected chi connectivity index (χ0v) is 17.9. The number of unbranched alkanes of at least 4 members (excludes halogenated alkanes) is 14. The van der Waals surface area contributed by atoms with Crippen molar-refractivity contribution in [1.82, 2.24) is 0 Å². The van der Waals surface area contributed by atoms with E-state index in [1.54, 1.807) is 0 Å². The predicted octanol–water partition coefficient (Wildman–Crippen LogP) is 6.28. The molecule has 0 rings (SSSR count). The first-order valence-electron chi connectivity index (χ1n) is 11.1. The molecule has 0 aliphatic rings. The van der Waals surface area contributed by atoms with Gasteiger partial charge in [-0.1, -0.05) is 103 Å². The van der Waals surface area contributed by atoms with Crippen LogP contribution in [0, 0.1) is 0 Å². The Bertz CT molecular complexity index is 381. The van der Waals surface area contributed by atoms with Crippen molar-refractivity contribution in [2.75, 3.05) is 5.75 Å². The molecule has 0 bridgehead atoms.